The molecule has 0 aliphatic rings. The lowest BCUT2D eigenvalue weighted by Gasteiger charge is -2.19. The van der Waals surface area contributed by atoms with Gasteiger partial charge < -0.3 is 4.74 Å². The molecule has 6 heteroatoms. The highest BCUT2D eigenvalue weighted by Crippen LogP contribution is 2.13. The Labute approximate surface area is 118 Å². The molecule has 2 amide bonds. The van der Waals surface area contributed by atoms with E-state index in [9.17, 15) is 9.59 Å². The molecule has 1 aromatic rings. The van der Waals surface area contributed by atoms with E-state index in [2.05, 4.69) is 10.8 Å². The molecule has 0 fully saturated rings. The summed E-state index contributed by atoms with van der Waals surface area (Å²) in [5.74, 6) is -0.337. The lowest BCUT2D eigenvalue weighted by molar-refractivity contribution is 0.0364. The standard InChI is InChI=1S/C14H20N2O4/c1-5-19-16-12(17)10-6-8-11(9-7-10)15-13(18)20-14(2,3)4/h6-9H,5H2,1-4H3,(H,15,18)(H,16,17). The molecular formula is C14H20N2O4. The first-order valence-electron chi connectivity index (χ1n) is 6.34. The van der Waals surface area contributed by atoms with Crippen LogP contribution in [0.5, 0.6) is 0 Å². The first-order chi connectivity index (χ1) is 9.31. The third kappa shape index (κ3) is 5.71. The van der Waals surface area contributed by atoms with Crippen molar-refractivity contribution in [3.05, 3.63) is 29.8 Å². The summed E-state index contributed by atoms with van der Waals surface area (Å²) in [5, 5.41) is 2.58. The second kappa shape index (κ2) is 6.91. The highest BCUT2D eigenvalue weighted by molar-refractivity contribution is 5.94. The molecule has 0 heterocycles. The molecule has 0 unspecified atom stereocenters. The molecule has 110 valence electrons. The molecular weight excluding hydrogens is 260 g/mol. The number of carbonyl (C=O) groups is 2. The maximum atomic E-state index is 11.6. The van der Waals surface area contributed by atoms with Crippen LogP contribution in [0.4, 0.5) is 10.5 Å². The predicted molar refractivity (Wildman–Crippen MR) is 75.4 cm³/mol. The van der Waals surface area contributed by atoms with Crippen molar-refractivity contribution in [3.8, 4) is 0 Å². The van der Waals surface area contributed by atoms with E-state index in [0.29, 0.717) is 17.9 Å². The van der Waals surface area contributed by atoms with Gasteiger partial charge in [-0.15, -0.1) is 0 Å². The Bertz CT molecular complexity index is 463. The largest absolute Gasteiger partial charge is 0.444 e. The maximum Gasteiger partial charge on any atom is 0.412 e. The van der Waals surface area contributed by atoms with Gasteiger partial charge in [0.15, 0.2) is 0 Å². The minimum atomic E-state index is -0.554. The van der Waals surface area contributed by atoms with Crippen molar-refractivity contribution in [2.75, 3.05) is 11.9 Å². The fourth-order valence-corrected chi connectivity index (χ4v) is 1.32. The van der Waals surface area contributed by atoms with E-state index in [1.165, 1.54) is 0 Å². The third-order valence-electron chi connectivity index (χ3n) is 2.10. The number of rotatable bonds is 4. The van der Waals surface area contributed by atoms with Crippen molar-refractivity contribution >= 4 is 17.7 Å². The summed E-state index contributed by atoms with van der Waals surface area (Å²) in [7, 11) is 0. The molecule has 1 rings (SSSR count). The van der Waals surface area contributed by atoms with Gasteiger partial charge in [0.25, 0.3) is 5.91 Å². The first-order valence-corrected chi connectivity index (χ1v) is 6.34. The Hall–Kier alpha value is -2.08. The van der Waals surface area contributed by atoms with Crippen molar-refractivity contribution in [3.63, 3.8) is 0 Å². The van der Waals surface area contributed by atoms with Gasteiger partial charge in [-0.05, 0) is 52.0 Å². The molecule has 0 aliphatic carbocycles. The quantitative estimate of drug-likeness (QED) is 0.831. The summed E-state index contributed by atoms with van der Waals surface area (Å²) in [6, 6.07) is 6.40. The molecule has 1 aromatic carbocycles. The third-order valence-corrected chi connectivity index (χ3v) is 2.10. The van der Waals surface area contributed by atoms with Gasteiger partial charge in [-0.2, -0.15) is 0 Å². The van der Waals surface area contributed by atoms with Crippen molar-refractivity contribution in [2.24, 2.45) is 0 Å². The van der Waals surface area contributed by atoms with Gasteiger partial charge in [0.05, 0.1) is 6.61 Å². The Morgan fingerprint density at radius 2 is 1.75 bits per heavy atom. The van der Waals surface area contributed by atoms with E-state index in [4.69, 9.17) is 9.57 Å². The second-order valence-corrected chi connectivity index (χ2v) is 5.07. The Morgan fingerprint density at radius 1 is 1.15 bits per heavy atom. The molecule has 0 radical (unpaired) electrons. The molecule has 0 saturated heterocycles. The summed E-state index contributed by atoms with van der Waals surface area (Å²) in [5.41, 5.74) is 2.72. The number of anilines is 1. The molecule has 6 nitrogen and oxygen atoms in total. The minimum absolute atomic E-state index is 0.337. The molecule has 20 heavy (non-hydrogen) atoms. The first kappa shape index (κ1) is 16.0. The number of hydrogen-bond donors (Lipinski definition) is 2. The van der Waals surface area contributed by atoms with Crippen LogP contribution in [0.25, 0.3) is 0 Å². The Kier molecular flexibility index (Phi) is 5.52. The minimum Gasteiger partial charge on any atom is -0.444 e. The van der Waals surface area contributed by atoms with E-state index >= 15 is 0 Å². The lowest BCUT2D eigenvalue weighted by atomic mass is 10.2. The lowest BCUT2D eigenvalue weighted by Crippen LogP contribution is -2.27. The Balaban J connectivity index is 2.58. The zero-order valence-corrected chi connectivity index (χ0v) is 12.1. The molecule has 0 saturated carbocycles. The van der Waals surface area contributed by atoms with Gasteiger partial charge in [-0.1, -0.05) is 0 Å². The molecule has 0 spiro atoms. The summed E-state index contributed by atoms with van der Waals surface area (Å²) >= 11 is 0. The average Bonchev–Trinajstić information content (AvgIpc) is 2.34. The van der Waals surface area contributed by atoms with E-state index in [-0.39, 0.29) is 5.91 Å². The number of hydrogen-bond acceptors (Lipinski definition) is 4. The highest BCUT2D eigenvalue weighted by Gasteiger charge is 2.16. The van der Waals surface area contributed by atoms with Crippen LogP contribution >= 0.6 is 0 Å². The van der Waals surface area contributed by atoms with Crippen LogP contribution in [0, 0.1) is 0 Å². The van der Waals surface area contributed by atoms with Gasteiger partial charge in [0.2, 0.25) is 0 Å². The topological polar surface area (TPSA) is 76.7 Å². The smallest absolute Gasteiger partial charge is 0.412 e. The number of nitrogens with one attached hydrogen (secondary N) is 2. The van der Waals surface area contributed by atoms with Gasteiger partial charge >= 0.3 is 6.09 Å². The van der Waals surface area contributed by atoms with Gasteiger partial charge in [0.1, 0.15) is 5.60 Å². The molecule has 0 atom stereocenters. The molecule has 2 N–H and O–H groups in total. The fraction of sp³-hybridized carbons (Fsp3) is 0.429. The molecule has 0 bridgehead atoms. The monoisotopic (exact) mass is 280 g/mol. The number of amides is 2. The Morgan fingerprint density at radius 3 is 2.25 bits per heavy atom. The van der Waals surface area contributed by atoms with Crippen LogP contribution in [0.15, 0.2) is 24.3 Å². The number of hydroxylamine groups is 1. The van der Waals surface area contributed by atoms with Gasteiger partial charge in [-0.3, -0.25) is 14.9 Å². The van der Waals surface area contributed by atoms with Gasteiger partial charge in [-0.25, -0.2) is 10.3 Å². The summed E-state index contributed by atoms with van der Waals surface area (Å²) < 4.78 is 5.12. The number of ether oxygens (including phenoxy) is 1. The second-order valence-electron chi connectivity index (χ2n) is 5.07. The van der Waals surface area contributed by atoms with Crippen LogP contribution in [0.2, 0.25) is 0 Å². The normalized spacial score (nSPS) is 10.8. The van der Waals surface area contributed by atoms with Crippen LogP contribution in [0.1, 0.15) is 38.1 Å². The van der Waals surface area contributed by atoms with Crippen molar-refractivity contribution in [1.82, 2.24) is 5.48 Å². The average molecular weight is 280 g/mol. The zero-order valence-electron chi connectivity index (χ0n) is 12.1. The zero-order chi connectivity index (χ0) is 15.2. The van der Waals surface area contributed by atoms with E-state index in [1.807, 2.05) is 0 Å². The van der Waals surface area contributed by atoms with Crippen LogP contribution in [-0.4, -0.2) is 24.2 Å². The van der Waals surface area contributed by atoms with E-state index in [0.717, 1.165) is 0 Å². The SMILES string of the molecule is CCONC(=O)c1ccc(NC(=O)OC(C)(C)C)cc1. The van der Waals surface area contributed by atoms with Crippen molar-refractivity contribution in [2.45, 2.75) is 33.3 Å². The summed E-state index contributed by atoms with van der Waals surface area (Å²) in [4.78, 5) is 27.9. The summed E-state index contributed by atoms with van der Waals surface area (Å²) in [6.07, 6.45) is -0.538. The van der Waals surface area contributed by atoms with Crippen LogP contribution < -0.4 is 10.8 Å². The van der Waals surface area contributed by atoms with Gasteiger partial charge in [0, 0.05) is 11.3 Å². The molecule has 0 aromatic heterocycles. The number of benzene rings is 1. The fourth-order valence-electron chi connectivity index (χ4n) is 1.32. The summed E-state index contributed by atoms with van der Waals surface area (Å²) in [6.45, 7) is 7.52. The van der Waals surface area contributed by atoms with Crippen molar-refractivity contribution in [1.29, 1.82) is 0 Å². The van der Waals surface area contributed by atoms with E-state index < -0.39 is 11.7 Å². The number of carbonyl (C=O) groups excluding carboxylic acids is 2. The highest BCUT2D eigenvalue weighted by atomic mass is 16.6. The molecule has 0 aliphatic heterocycles. The van der Waals surface area contributed by atoms with E-state index in [1.54, 1.807) is 52.0 Å². The predicted octanol–water partition coefficient (Wildman–Crippen LogP) is 2.71. The van der Waals surface area contributed by atoms with Crippen LogP contribution in [-0.2, 0) is 9.57 Å². The van der Waals surface area contributed by atoms with Crippen molar-refractivity contribution < 1.29 is 19.2 Å². The van der Waals surface area contributed by atoms with Crippen LogP contribution in [0.3, 0.4) is 0 Å². The maximum absolute atomic E-state index is 11.6.